The number of aliphatic hydroxyl groups excluding tert-OH is 11. The van der Waals surface area contributed by atoms with Crippen LogP contribution in [0.2, 0.25) is 0 Å². The Morgan fingerprint density at radius 3 is 1.00 bits per heavy atom. The minimum Gasteiger partial charge on any atom is -0.394 e. The molecule has 19 heteroatoms. The molecule has 0 saturated carbocycles. The predicted molar refractivity (Wildman–Crippen MR) is 383 cm³/mol. The highest BCUT2D eigenvalue weighted by atomic mass is 16.8. The molecule has 0 radical (unpaired) electrons. The maximum Gasteiger partial charge on any atom is 0.220 e. The Hall–Kier alpha value is -1.47. The van der Waals surface area contributed by atoms with Crippen LogP contribution in [0.3, 0.4) is 0 Å². The molecule has 12 N–H and O–H groups in total. The molecule has 0 spiro atoms. The molecule has 0 aromatic rings. The maximum absolute atomic E-state index is 13.5. The van der Waals surface area contributed by atoms with Gasteiger partial charge in [0, 0.05) is 6.42 Å². The lowest BCUT2D eigenvalue weighted by molar-refractivity contribution is -0.379. The molecule has 0 bridgehead atoms. The van der Waals surface area contributed by atoms with Crippen LogP contribution in [0.1, 0.15) is 348 Å². The highest BCUT2D eigenvalue weighted by Crippen LogP contribution is 2.33. The summed E-state index contributed by atoms with van der Waals surface area (Å²) in [6, 6.07) is -0.885. The van der Waals surface area contributed by atoms with E-state index in [1.165, 1.54) is 270 Å². The van der Waals surface area contributed by atoms with E-state index < -0.39 is 124 Å². The third-order valence-corrected chi connectivity index (χ3v) is 20.6. The van der Waals surface area contributed by atoms with Crippen molar-refractivity contribution in [2.45, 2.75) is 452 Å². The van der Waals surface area contributed by atoms with Gasteiger partial charge in [0.1, 0.15) is 73.2 Å². The number of amides is 1. The number of carbonyl (C=O) groups is 1. The van der Waals surface area contributed by atoms with Crippen molar-refractivity contribution < 1.29 is 89.4 Å². The summed E-state index contributed by atoms with van der Waals surface area (Å²) in [5.41, 5.74) is 0. The molecule has 3 heterocycles. The van der Waals surface area contributed by atoms with Crippen LogP contribution in [0.4, 0.5) is 0 Å². The topological polar surface area (TPSA) is 307 Å². The molecular weight excluding hydrogens is 1240 g/mol. The Bertz CT molecular complexity index is 1800. The van der Waals surface area contributed by atoms with E-state index in [1.54, 1.807) is 0 Å². The maximum atomic E-state index is 13.5. The minimum absolute atomic E-state index is 0.234. The van der Waals surface area contributed by atoms with E-state index in [4.69, 9.17) is 28.4 Å². The summed E-state index contributed by atoms with van der Waals surface area (Å²) in [5, 5.41) is 121. The predicted octanol–water partition coefficient (Wildman–Crippen LogP) is 13.2. The quantitative estimate of drug-likeness (QED) is 0.0199. The number of hydrogen-bond acceptors (Lipinski definition) is 18. The summed E-state index contributed by atoms with van der Waals surface area (Å²) in [5.74, 6) is -0.234. The van der Waals surface area contributed by atoms with Crippen molar-refractivity contribution >= 4 is 5.91 Å². The van der Waals surface area contributed by atoms with E-state index in [0.717, 1.165) is 44.9 Å². The zero-order valence-corrected chi connectivity index (χ0v) is 61.3. The van der Waals surface area contributed by atoms with Crippen LogP contribution in [0.15, 0.2) is 12.2 Å². The summed E-state index contributed by atoms with van der Waals surface area (Å²) < 4.78 is 34.5. The molecule has 3 aliphatic heterocycles. The number of allylic oxidation sites excluding steroid dienone is 2. The largest absolute Gasteiger partial charge is 0.394 e. The molecule has 19 nitrogen and oxygen atoms in total. The van der Waals surface area contributed by atoms with Crippen LogP contribution >= 0.6 is 0 Å². The Balaban J connectivity index is 1.35. The van der Waals surface area contributed by atoms with E-state index in [0.29, 0.717) is 12.8 Å². The van der Waals surface area contributed by atoms with Crippen LogP contribution in [-0.4, -0.2) is 193 Å². The normalized spacial score (nSPS) is 26.9. The van der Waals surface area contributed by atoms with Crippen LogP contribution in [0.25, 0.3) is 0 Å². The Morgan fingerprint density at radius 2 is 0.649 bits per heavy atom. The van der Waals surface area contributed by atoms with Gasteiger partial charge in [-0.25, -0.2) is 0 Å². The molecule has 3 aliphatic rings. The third kappa shape index (κ3) is 40.4. The molecule has 97 heavy (non-hydrogen) atoms. The van der Waals surface area contributed by atoms with Gasteiger partial charge < -0.3 is 89.9 Å². The summed E-state index contributed by atoms with van der Waals surface area (Å²) in [4.78, 5) is 13.5. The van der Waals surface area contributed by atoms with Gasteiger partial charge in [0.05, 0.1) is 38.6 Å². The molecule has 0 aromatic heterocycles. The minimum atomic E-state index is -1.97. The first-order chi connectivity index (χ1) is 47.3. The van der Waals surface area contributed by atoms with Crippen LogP contribution < -0.4 is 5.32 Å². The van der Waals surface area contributed by atoms with E-state index >= 15 is 0 Å². The summed E-state index contributed by atoms with van der Waals surface area (Å²) in [7, 11) is 0. The van der Waals surface area contributed by atoms with E-state index in [2.05, 4.69) is 31.3 Å². The molecule has 574 valence electrons. The molecule has 0 aromatic carbocycles. The van der Waals surface area contributed by atoms with Gasteiger partial charge >= 0.3 is 0 Å². The fourth-order valence-electron chi connectivity index (χ4n) is 14.1. The average Bonchev–Trinajstić information content (AvgIpc) is 0.798. The van der Waals surface area contributed by atoms with Gasteiger partial charge in [-0.05, 0) is 38.5 Å². The molecule has 0 aliphatic carbocycles. The second-order valence-corrected chi connectivity index (χ2v) is 29.2. The van der Waals surface area contributed by atoms with E-state index in [-0.39, 0.29) is 18.9 Å². The Labute approximate surface area is 588 Å². The van der Waals surface area contributed by atoms with E-state index in [1.807, 2.05) is 0 Å². The van der Waals surface area contributed by atoms with Gasteiger partial charge in [0.2, 0.25) is 5.91 Å². The molecular formula is C78H149NO18. The standard InChI is InChI=1S/C78H149NO18/c1-3-5-7-9-11-13-15-17-19-21-23-25-26-27-28-29-30-31-32-33-34-36-38-40-42-44-46-48-50-52-54-56-66(84)79-61(62(83)55-53-51-49-47-45-43-41-39-37-35-24-22-20-18-16-14-12-10-8-6-4-2)60-92-76-72(90)69(87)74(64(58-81)94-76)97-78-73(91)70(88)75(65(59-82)95-78)96-77-71(89)68(86)67(85)63(57-80)93-77/h21,23,61-65,67-78,80-83,85-91H,3-20,22,24-60H2,1-2H3,(H,79,84)/b23-21-. The first kappa shape index (κ1) is 89.7. The van der Waals surface area contributed by atoms with Crippen molar-refractivity contribution in [1.82, 2.24) is 5.32 Å². The molecule has 17 atom stereocenters. The second kappa shape index (κ2) is 59.9. The van der Waals surface area contributed by atoms with Crippen molar-refractivity contribution in [1.29, 1.82) is 0 Å². The number of rotatable bonds is 65. The van der Waals surface area contributed by atoms with Crippen molar-refractivity contribution in [2.24, 2.45) is 0 Å². The van der Waals surface area contributed by atoms with Gasteiger partial charge in [0.15, 0.2) is 18.9 Å². The molecule has 1 amide bonds. The van der Waals surface area contributed by atoms with Crippen molar-refractivity contribution in [3.8, 4) is 0 Å². The highest BCUT2D eigenvalue weighted by molar-refractivity contribution is 5.76. The smallest absolute Gasteiger partial charge is 0.220 e. The van der Waals surface area contributed by atoms with Gasteiger partial charge in [-0.1, -0.05) is 315 Å². The monoisotopic (exact) mass is 1390 g/mol. The molecule has 3 saturated heterocycles. The molecule has 3 rings (SSSR count). The number of nitrogens with one attached hydrogen (secondary N) is 1. The van der Waals surface area contributed by atoms with E-state index in [9.17, 15) is 61.0 Å². The van der Waals surface area contributed by atoms with Crippen molar-refractivity contribution in [2.75, 3.05) is 26.4 Å². The SMILES string of the molecule is CCCCCCCCCC/C=C\CCCCCCCCCCCCCCCCCCCCCC(=O)NC(COC1OC(CO)C(OC2OC(CO)C(OC3OC(CO)C(O)C(O)C3O)C(O)C2O)C(O)C1O)C(O)CCCCCCCCCCCCCCCCCCCCCCC. The van der Waals surface area contributed by atoms with Gasteiger partial charge in [-0.2, -0.15) is 0 Å². The summed E-state index contributed by atoms with van der Waals surface area (Å²) in [6.07, 6.45) is 43.0. The molecule has 3 fully saturated rings. The second-order valence-electron chi connectivity index (χ2n) is 29.2. The Kier molecular flexibility index (Phi) is 55.4. The number of carbonyl (C=O) groups excluding carboxylic acids is 1. The van der Waals surface area contributed by atoms with Crippen molar-refractivity contribution in [3.05, 3.63) is 12.2 Å². The number of aliphatic hydroxyl groups is 11. The van der Waals surface area contributed by atoms with Crippen LogP contribution in [0, 0.1) is 0 Å². The van der Waals surface area contributed by atoms with Crippen LogP contribution in [-0.2, 0) is 33.2 Å². The average molecular weight is 1390 g/mol. The molecule has 17 unspecified atom stereocenters. The summed E-state index contributed by atoms with van der Waals surface area (Å²) >= 11 is 0. The lowest BCUT2D eigenvalue weighted by atomic mass is 9.96. The third-order valence-electron chi connectivity index (χ3n) is 20.6. The summed E-state index contributed by atoms with van der Waals surface area (Å²) in [6.45, 7) is 1.86. The lowest BCUT2D eigenvalue weighted by Gasteiger charge is -2.48. The fraction of sp³-hybridized carbons (Fsp3) is 0.962. The zero-order chi connectivity index (χ0) is 70.4. The highest BCUT2D eigenvalue weighted by Gasteiger charge is 2.54. The Morgan fingerprint density at radius 1 is 0.361 bits per heavy atom. The number of hydrogen-bond donors (Lipinski definition) is 12. The van der Waals surface area contributed by atoms with Crippen LogP contribution in [0.5, 0.6) is 0 Å². The first-order valence-electron chi connectivity index (χ1n) is 40.4. The number of ether oxygens (including phenoxy) is 6. The lowest BCUT2D eigenvalue weighted by Crippen LogP contribution is -2.66. The number of unbranched alkanes of at least 4 members (excludes halogenated alkanes) is 47. The fourth-order valence-corrected chi connectivity index (χ4v) is 14.1. The van der Waals surface area contributed by atoms with Gasteiger partial charge in [-0.3, -0.25) is 4.79 Å². The first-order valence-corrected chi connectivity index (χ1v) is 40.4. The zero-order valence-electron chi connectivity index (χ0n) is 61.3. The van der Waals surface area contributed by atoms with Gasteiger partial charge in [-0.15, -0.1) is 0 Å². The van der Waals surface area contributed by atoms with Gasteiger partial charge in [0.25, 0.3) is 0 Å². The van der Waals surface area contributed by atoms with Crippen molar-refractivity contribution in [3.63, 3.8) is 0 Å².